The molecule has 1 aromatic rings. The molecule has 0 radical (unpaired) electrons. The number of aryl methyl sites for hydroxylation is 1. The molecule has 0 aliphatic carbocycles. The molecule has 0 spiro atoms. The lowest BCUT2D eigenvalue weighted by atomic mass is 10.1. The lowest BCUT2D eigenvalue weighted by Crippen LogP contribution is -2.26. The summed E-state index contributed by atoms with van der Waals surface area (Å²) in [5.74, 6) is -0.208. The van der Waals surface area contributed by atoms with Gasteiger partial charge in [-0.05, 0) is 32.3 Å². The summed E-state index contributed by atoms with van der Waals surface area (Å²) in [6.45, 7) is 4.04. The molecule has 2 nitrogen and oxygen atoms in total. The lowest BCUT2D eigenvalue weighted by Gasteiger charge is -2.14. The molecule has 0 unspecified atom stereocenters. The van der Waals surface area contributed by atoms with Crippen LogP contribution >= 0.6 is 15.9 Å². The van der Waals surface area contributed by atoms with E-state index in [4.69, 9.17) is 4.74 Å². The Balaban J connectivity index is 2.20. The molecule has 0 aliphatic heterocycles. The predicted molar refractivity (Wildman–Crippen MR) is 68.7 cm³/mol. The number of hydrogen-bond donors (Lipinski definition) is 0. The first-order chi connectivity index (χ1) is 7.50. The van der Waals surface area contributed by atoms with Crippen LogP contribution in [0.5, 0.6) is 0 Å². The van der Waals surface area contributed by atoms with Crippen molar-refractivity contribution in [1.29, 1.82) is 0 Å². The smallest absolute Gasteiger partial charge is 0.322 e. The second kappa shape index (κ2) is 6.04. The molecule has 1 aromatic carbocycles. The summed E-state index contributed by atoms with van der Waals surface area (Å²) in [7, 11) is 0. The Morgan fingerprint density at radius 2 is 1.94 bits per heavy atom. The number of rotatable bonds is 5. The van der Waals surface area contributed by atoms with Crippen molar-refractivity contribution < 1.29 is 9.53 Å². The van der Waals surface area contributed by atoms with Crippen molar-refractivity contribution in [1.82, 2.24) is 0 Å². The van der Waals surface area contributed by atoms with Gasteiger partial charge in [-0.15, -0.1) is 0 Å². The zero-order valence-corrected chi connectivity index (χ0v) is 11.3. The maximum absolute atomic E-state index is 11.4. The van der Waals surface area contributed by atoms with Crippen molar-refractivity contribution >= 4 is 21.9 Å². The first-order valence-electron chi connectivity index (χ1n) is 5.40. The zero-order valence-electron chi connectivity index (χ0n) is 9.70. The Morgan fingerprint density at radius 1 is 1.31 bits per heavy atom. The zero-order chi connectivity index (χ0) is 12.0. The minimum Gasteiger partial charge on any atom is -0.465 e. The normalized spacial score (nSPS) is 11.2. The van der Waals surface area contributed by atoms with Crippen LogP contribution < -0.4 is 0 Å². The topological polar surface area (TPSA) is 26.3 Å². The number of esters is 1. The summed E-state index contributed by atoms with van der Waals surface area (Å²) >= 11 is 3.27. The van der Waals surface area contributed by atoms with Gasteiger partial charge in [0.05, 0.1) is 6.61 Å². The molecule has 1 rings (SSSR count). The summed E-state index contributed by atoms with van der Waals surface area (Å²) in [5, 5.41) is 0. The van der Waals surface area contributed by atoms with Crippen molar-refractivity contribution in [2.45, 2.75) is 31.0 Å². The van der Waals surface area contributed by atoms with E-state index < -0.39 is 4.32 Å². The molecule has 0 bridgehead atoms. The van der Waals surface area contributed by atoms with Crippen molar-refractivity contribution in [3.63, 3.8) is 0 Å². The van der Waals surface area contributed by atoms with Gasteiger partial charge in [0.15, 0.2) is 0 Å². The SMILES string of the molecule is CC(C)(Br)C(=O)OCCCc1ccccc1. The predicted octanol–water partition coefficient (Wildman–Crippen LogP) is 3.34. The van der Waals surface area contributed by atoms with Crippen LogP contribution in [0, 0.1) is 0 Å². The first kappa shape index (κ1) is 13.2. The highest BCUT2D eigenvalue weighted by molar-refractivity contribution is 9.10. The van der Waals surface area contributed by atoms with E-state index in [1.54, 1.807) is 13.8 Å². The van der Waals surface area contributed by atoms with Gasteiger partial charge in [0.25, 0.3) is 0 Å². The standard InChI is InChI=1S/C13H17BrO2/c1-13(2,14)12(15)16-10-6-9-11-7-4-3-5-8-11/h3-5,7-8H,6,9-10H2,1-2H3. The summed E-state index contributed by atoms with van der Waals surface area (Å²) in [6.07, 6.45) is 1.80. The molecule has 0 atom stereocenters. The number of ether oxygens (including phenoxy) is 1. The molecule has 0 saturated heterocycles. The molecule has 0 amide bonds. The molecule has 16 heavy (non-hydrogen) atoms. The average Bonchev–Trinajstić information content (AvgIpc) is 2.24. The second-order valence-electron chi connectivity index (χ2n) is 4.20. The van der Waals surface area contributed by atoms with Gasteiger partial charge in [-0.1, -0.05) is 46.3 Å². The number of halogens is 1. The molecule has 88 valence electrons. The van der Waals surface area contributed by atoms with E-state index in [-0.39, 0.29) is 5.97 Å². The van der Waals surface area contributed by atoms with E-state index >= 15 is 0 Å². The highest BCUT2D eigenvalue weighted by Gasteiger charge is 2.24. The Morgan fingerprint density at radius 3 is 2.50 bits per heavy atom. The third-order valence-corrected chi connectivity index (χ3v) is 2.49. The quantitative estimate of drug-likeness (QED) is 0.471. The van der Waals surface area contributed by atoms with E-state index in [0.29, 0.717) is 6.61 Å². The van der Waals surface area contributed by atoms with Crippen LogP contribution in [0.2, 0.25) is 0 Å². The summed E-state index contributed by atoms with van der Waals surface area (Å²) in [4.78, 5) is 11.4. The average molecular weight is 285 g/mol. The number of benzene rings is 1. The van der Waals surface area contributed by atoms with Crippen molar-refractivity contribution in [2.75, 3.05) is 6.61 Å². The second-order valence-corrected chi connectivity index (χ2v) is 6.18. The van der Waals surface area contributed by atoms with Crippen LogP contribution in [-0.2, 0) is 16.0 Å². The molecule has 3 heteroatoms. The van der Waals surface area contributed by atoms with Gasteiger partial charge in [0, 0.05) is 0 Å². The third kappa shape index (κ3) is 4.79. The number of carbonyl (C=O) groups is 1. The van der Waals surface area contributed by atoms with Gasteiger partial charge in [-0.3, -0.25) is 4.79 Å². The van der Waals surface area contributed by atoms with Crippen LogP contribution in [0.1, 0.15) is 25.8 Å². The van der Waals surface area contributed by atoms with E-state index in [0.717, 1.165) is 12.8 Å². The van der Waals surface area contributed by atoms with Crippen molar-refractivity contribution in [3.8, 4) is 0 Å². The Hall–Kier alpha value is -0.830. The van der Waals surface area contributed by atoms with E-state index in [2.05, 4.69) is 28.1 Å². The van der Waals surface area contributed by atoms with Gasteiger partial charge >= 0.3 is 5.97 Å². The molecular weight excluding hydrogens is 268 g/mol. The molecule has 0 N–H and O–H groups in total. The summed E-state index contributed by atoms with van der Waals surface area (Å²) < 4.78 is 4.56. The first-order valence-corrected chi connectivity index (χ1v) is 6.19. The molecule has 0 heterocycles. The van der Waals surface area contributed by atoms with Gasteiger partial charge < -0.3 is 4.74 Å². The van der Waals surface area contributed by atoms with Crippen LogP contribution in [-0.4, -0.2) is 16.9 Å². The highest BCUT2D eigenvalue weighted by atomic mass is 79.9. The maximum atomic E-state index is 11.4. The largest absolute Gasteiger partial charge is 0.465 e. The minimum atomic E-state index is -0.584. The van der Waals surface area contributed by atoms with Crippen LogP contribution in [0.4, 0.5) is 0 Å². The monoisotopic (exact) mass is 284 g/mol. The minimum absolute atomic E-state index is 0.208. The van der Waals surface area contributed by atoms with Gasteiger partial charge in [0.2, 0.25) is 0 Å². The van der Waals surface area contributed by atoms with Crippen LogP contribution in [0.25, 0.3) is 0 Å². The molecule has 0 aromatic heterocycles. The van der Waals surface area contributed by atoms with E-state index in [9.17, 15) is 4.79 Å². The van der Waals surface area contributed by atoms with Gasteiger partial charge in [0.1, 0.15) is 4.32 Å². The Bertz CT molecular complexity index is 328. The van der Waals surface area contributed by atoms with E-state index in [1.807, 2.05) is 18.2 Å². The maximum Gasteiger partial charge on any atom is 0.322 e. The number of alkyl halides is 1. The molecule has 0 fully saturated rings. The van der Waals surface area contributed by atoms with Crippen LogP contribution in [0.15, 0.2) is 30.3 Å². The fraction of sp³-hybridized carbons (Fsp3) is 0.462. The third-order valence-electron chi connectivity index (χ3n) is 2.17. The van der Waals surface area contributed by atoms with Gasteiger partial charge in [-0.25, -0.2) is 0 Å². The fourth-order valence-corrected chi connectivity index (χ4v) is 1.37. The summed E-state index contributed by atoms with van der Waals surface area (Å²) in [6, 6.07) is 10.2. The number of carbonyl (C=O) groups excluding carboxylic acids is 1. The molecule has 0 saturated carbocycles. The molecular formula is C13H17BrO2. The Labute approximate surface area is 105 Å². The highest BCUT2D eigenvalue weighted by Crippen LogP contribution is 2.17. The van der Waals surface area contributed by atoms with E-state index in [1.165, 1.54) is 5.56 Å². The Kier molecular flexibility index (Phi) is 5.00. The van der Waals surface area contributed by atoms with Crippen molar-refractivity contribution in [3.05, 3.63) is 35.9 Å². The van der Waals surface area contributed by atoms with Crippen LogP contribution in [0.3, 0.4) is 0 Å². The fourth-order valence-electron chi connectivity index (χ4n) is 1.26. The van der Waals surface area contributed by atoms with Gasteiger partial charge in [-0.2, -0.15) is 0 Å². The lowest BCUT2D eigenvalue weighted by molar-refractivity contribution is -0.145. The molecule has 0 aliphatic rings. The van der Waals surface area contributed by atoms with Crippen molar-refractivity contribution in [2.24, 2.45) is 0 Å². The summed E-state index contributed by atoms with van der Waals surface area (Å²) in [5.41, 5.74) is 1.27. The number of hydrogen-bond acceptors (Lipinski definition) is 2.